The van der Waals surface area contributed by atoms with E-state index in [0.29, 0.717) is 29.9 Å². The third-order valence-electron chi connectivity index (χ3n) is 7.63. The molecule has 0 radical (unpaired) electrons. The number of esters is 2. The maximum atomic E-state index is 14.0. The van der Waals surface area contributed by atoms with E-state index in [4.69, 9.17) is 9.47 Å². The molecular formula is C35H36N2O6S. The molecule has 0 amide bonds. The van der Waals surface area contributed by atoms with E-state index in [9.17, 15) is 18.0 Å². The zero-order valence-corrected chi connectivity index (χ0v) is 25.6. The van der Waals surface area contributed by atoms with Gasteiger partial charge in [-0.25, -0.2) is 13.1 Å². The standard InChI is InChI=1S/C35H36N2O6S/c1-25(38)42-31-16-12-28(13-17-31)35(29-14-18-32(19-15-29)43-26(2)39)33-10-6-7-11-34(33)44(40,41)36-30-20-22-37(23-21-30)24-27-8-4-3-5-9-27/h3-19,30,35-36H,20-24H2,1-2H3. The number of piperidine rings is 1. The fourth-order valence-electron chi connectivity index (χ4n) is 5.64. The number of sulfonamides is 1. The van der Waals surface area contributed by atoms with Crippen molar-refractivity contribution in [1.82, 2.24) is 9.62 Å². The first-order valence-electron chi connectivity index (χ1n) is 14.6. The molecule has 4 aromatic rings. The minimum absolute atomic E-state index is 0.176. The van der Waals surface area contributed by atoms with Crippen molar-refractivity contribution in [3.63, 3.8) is 0 Å². The summed E-state index contributed by atoms with van der Waals surface area (Å²) in [6.07, 6.45) is 1.43. The summed E-state index contributed by atoms with van der Waals surface area (Å²) in [4.78, 5) is 25.5. The highest BCUT2D eigenvalue weighted by atomic mass is 32.2. The third kappa shape index (κ3) is 7.99. The van der Waals surface area contributed by atoms with Crippen LogP contribution in [0.3, 0.4) is 0 Å². The molecule has 44 heavy (non-hydrogen) atoms. The van der Waals surface area contributed by atoms with Gasteiger partial charge in [0.1, 0.15) is 11.5 Å². The first-order valence-corrected chi connectivity index (χ1v) is 16.1. The molecule has 8 nitrogen and oxygen atoms in total. The van der Waals surface area contributed by atoms with Crippen molar-refractivity contribution in [3.8, 4) is 11.5 Å². The van der Waals surface area contributed by atoms with Crippen molar-refractivity contribution < 1.29 is 27.5 Å². The van der Waals surface area contributed by atoms with E-state index in [0.717, 1.165) is 30.8 Å². The Balaban J connectivity index is 1.42. The number of benzene rings is 4. The predicted molar refractivity (Wildman–Crippen MR) is 168 cm³/mol. The highest BCUT2D eigenvalue weighted by Gasteiger charge is 2.29. The van der Waals surface area contributed by atoms with Crippen LogP contribution in [-0.2, 0) is 26.2 Å². The van der Waals surface area contributed by atoms with Crippen LogP contribution in [0.1, 0.15) is 54.9 Å². The van der Waals surface area contributed by atoms with Crippen LogP contribution in [0, 0.1) is 0 Å². The molecule has 1 saturated heterocycles. The minimum Gasteiger partial charge on any atom is -0.427 e. The van der Waals surface area contributed by atoms with Gasteiger partial charge in [-0.1, -0.05) is 72.8 Å². The van der Waals surface area contributed by atoms with Crippen LogP contribution in [0.4, 0.5) is 0 Å². The Bertz CT molecular complexity index is 1620. The largest absolute Gasteiger partial charge is 0.427 e. The number of nitrogens with zero attached hydrogens (tertiary/aromatic N) is 1. The van der Waals surface area contributed by atoms with Gasteiger partial charge in [-0.2, -0.15) is 0 Å². The zero-order chi connectivity index (χ0) is 31.1. The summed E-state index contributed by atoms with van der Waals surface area (Å²) < 4.78 is 41.4. The number of hydrogen-bond donors (Lipinski definition) is 1. The van der Waals surface area contributed by atoms with Gasteiger partial charge in [-0.15, -0.1) is 0 Å². The molecule has 1 aliphatic heterocycles. The van der Waals surface area contributed by atoms with Crippen LogP contribution in [0.2, 0.25) is 0 Å². The lowest BCUT2D eigenvalue weighted by Crippen LogP contribution is -2.44. The SMILES string of the molecule is CC(=O)Oc1ccc(C(c2ccc(OC(C)=O)cc2)c2ccccc2S(=O)(=O)NC2CCN(Cc3ccccc3)CC2)cc1. The average Bonchev–Trinajstić information content (AvgIpc) is 3.00. The molecular weight excluding hydrogens is 576 g/mol. The molecule has 0 saturated carbocycles. The van der Waals surface area contributed by atoms with E-state index in [1.807, 2.05) is 54.6 Å². The average molecular weight is 613 g/mol. The van der Waals surface area contributed by atoms with E-state index in [1.54, 1.807) is 36.4 Å². The monoisotopic (exact) mass is 612 g/mol. The molecule has 1 N–H and O–H groups in total. The van der Waals surface area contributed by atoms with Gasteiger partial charge in [0.25, 0.3) is 0 Å². The molecule has 0 spiro atoms. The second-order valence-electron chi connectivity index (χ2n) is 11.0. The summed E-state index contributed by atoms with van der Waals surface area (Å²) in [5.41, 5.74) is 3.45. The summed E-state index contributed by atoms with van der Waals surface area (Å²) in [6.45, 7) is 5.12. The predicted octanol–water partition coefficient (Wildman–Crippen LogP) is 5.66. The van der Waals surface area contributed by atoms with Gasteiger partial charge in [0.15, 0.2) is 0 Å². The van der Waals surface area contributed by atoms with E-state index in [1.165, 1.54) is 19.4 Å². The first kappa shape index (κ1) is 31.1. The van der Waals surface area contributed by atoms with Crippen molar-refractivity contribution >= 4 is 22.0 Å². The Hall–Kier alpha value is -4.31. The molecule has 1 aliphatic rings. The molecule has 0 aromatic heterocycles. The minimum atomic E-state index is -3.88. The van der Waals surface area contributed by atoms with Crippen LogP contribution >= 0.6 is 0 Å². The van der Waals surface area contributed by atoms with E-state index < -0.39 is 27.9 Å². The van der Waals surface area contributed by atoms with Crippen molar-refractivity contribution in [2.24, 2.45) is 0 Å². The summed E-state index contributed by atoms with van der Waals surface area (Å²) in [5, 5.41) is 0. The van der Waals surface area contributed by atoms with Crippen LogP contribution in [0.25, 0.3) is 0 Å². The quantitative estimate of drug-likeness (QED) is 0.140. The maximum Gasteiger partial charge on any atom is 0.308 e. The highest BCUT2D eigenvalue weighted by Crippen LogP contribution is 2.37. The number of ether oxygens (including phenoxy) is 2. The molecule has 1 fully saturated rings. The summed E-state index contributed by atoms with van der Waals surface area (Å²) >= 11 is 0. The smallest absolute Gasteiger partial charge is 0.308 e. The number of carbonyl (C=O) groups excluding carboxylic acids is 2. The Morgan fingerprint density at radius 2 is 1.25 bits per heavy atom. The zero-order valence-electron chi connectivity index (χ0n) is 24.8. The molecule has 9 heteroatoms. The lowest BCUT2D eigenvalue weighted by atomic mass is 9.85. The number of rotatable bonds is 10. The highest BCUT2D eigenvalue weighted by molar-refractivity contribution is 7.89. The van der Waals surface area contributed by atoms with Crippen LogP contribution in [-0.4, -0.2) is 44.4 Å². The Labute approximate surface area is 258 Å². The molecule has 0 bridgehead atoms. The molecule has 1 heterocycles. The normalized spacial score (nSPS) is 14.3. The van der Waals surface area contributed by atoms with Crippen LogP contribution < -0.4 is 14.2 Å². The number of likely N-dealkylation sites (tertiary alicyclic amines) is 1. The molecule has 4 aromatic carbocycles. The molecule has 0 unspecified atom stereocenters. The Morgan fingerprint density at radius 1 is 0.750 bits per heavy atom. The van der Waals surface area contributed by atoms with Crippen LogP contribution in [0.15, 0.2) is 108 Å². The van der Waals surface area contributed by atoms with Gasteiger partial charge >= 0.3 is 11.9 Å². The first-order chi connectivity index (χ1) is 21.2. The Kier molecular flexibility index (Phi) is 9.89. The van der Waals surface area contributed by atoms with Gasteiger partial charge in [0, 0.05) is 45.4 Å². The van der Waals surface area contributed by atoms with Crippen molar-refractivity contribution in [2.75, 3.05) is 13.1 Å². The lowest BCUT2D eigenvalue weighted by Gasteiger charge is -2.32. The molecule has 0 atom stereocenters. The number of nitrogens with one attached hydrogen (secondary N) is 1. The fraction of sp³-hybridized carbons (Fsp3) is 0.257. The van der Waals surface area contributed by atoms with Gasteiger partial charge in [0.05, 0.1) is 4.90 Å². The van der Waals surface area contributed by atoms with Gasteiger partial charge < -0.3 is 9.47 Å². The van der Waals surface area contributed by atoms with Gasteiger partial charge in [0.2, 0.25) is 10.0 Å². The van der Waals surface area contributed by atoms with Crippen molar-refractivity contribution in [3.05, 3.63) is 125 Å². The van der Waals surface area contributed by atoms with Gasteiger partial charge in [-0.05, 0) is 65.4 Å². The second-order valence-corrected chi connectivity index (χ2v) is 12.6. The third-order valence-corrected chi connectivity index (χ3v) is 9.22. The molecule has 0 aliphatic carbocycles. The van der Waals surface area contributed by atoms with Crippen LogP contribution in [0.5, 0.6) is 11.5 Å². The van der Waals surface area contributed by atoms with E-state index in [-0.39, 0.29) is 10.9 Å². The number of carbonyl (C=O) groups is 2. The second kappa shape index (κ2) is 14.0. The van der Waals surface area contributed by atoms with E-state index in [2.05, 4.69) is 21.8 Å². The summed E-state index contributed by atoms with van der Waals surface area (Å²) in [7, 11) is -3.88. The van der Waals surface area contributed by atoms with Crippen molar-refractivity contribution in [2.45, 2.75) is 50.1 Å². The topological polar surface area (TPSA) is 102 Å². The summed E-state index contributed by atoms with van der Waals surface area (Å²) in [5.74, 6) is -0.543. The van der Waals surface area contributed by atoms with Crippen molar-refractivity contribution in [1.29, 1.82) is 0 Å². The molecule has 5 rings (SSSR count). The Morgan fingerprint density at radius 3 is 1.77 bits per heavy atom. The van der Waals surface area contributed by atoms with Gasteiger partial charge in [-0.3, -0.25) is 14.5 Å². The number of hydrogen-bond acceptors (Lipinski definition) is 7. The van der Waals surface area contributed by atoms with E-state index >= 15 is 0 Å². The maximum absolute atomic E-state index is 14.0. The lowest BCUT2D eigenvalue weighted by molar-refractivity contribution is -0.132. The fourth-order valence-corrected chi connectivity index (χ4v) is 7.19. The summed E-state index contributed by atoms with van der Waals surface area (Å²) in [6, 6.07) is 31.2. The molecule has 228 valence electrons.